The second-order valence-electron chi connectivity index (χ2n) is 7.60. The molecule has 3 aromatic carbocycles. The molecule has 178 valence electrons. The molecule has 3 rings (SSSR count). The van der Waals surface area contributed by atoms with Crippen LogP contribution in [0.2, 0.25) is 0 Å². The number of anilines is 1. The van der Waals surface area contributed by atoms with Gasteiger partial charge in [-0.05, 0) is 29.9 Å². The summed E-state index contributed by atoms with van der Waals surface area (Å²) in [4.78, 5) is 29.4. The van der Waals surface area contributed by atoms with Crippen LogP contribution < -0.4 is 26.8 Å². The fraction of sp³-hybridized carbons (Fsp3) is 0.240. The Balaban J connectivity index is 1.69. The zero-order chi connectivity index (χ0) is 24.3. The Hall–Kier alpha value is -4.27. The monoisotopic (exact) mass is 463 g/mol. The van der Waals surface area contributed by atoms with Crippen molar-refractivity contribution in [2.75, 3.05) is 19.0 Å². The number of nitrogens with zero attached hydrogens (tertiary/aromatic N) is 1. The Bertz CT molecular complexity index is 1150. The summed E-state index contributed by atoms with van der Waals surface area (Å²) in [6.07, 6.45) is 0.103. The van der Waals surface area contributed by atoms with Gasteiger partial charge in [0.1, 0.15) is 18.4 Å². The van der Waals surface area contributed by atoms with Gasteiger partial charge in [-0.15, -0.1) is 0 Å². The Morgan fingerprint density at radius 2 is 1.76 bits per heavy atom. The maximum absolute atomic E-state index is 13.1. The number of carbonyl (C=O) groups excluding carboxylic acids is 2. The minimum atomic E-state index is -0.852. The van der Waals surface area contributed by atoms with Crippen molar-refractivity contribution in [1.29, 1.82) is 0 Å². The number of ether oxygens (including phenoxy) is 2. The predicted octanol–water partition coefficient (Wildman–Crippen LogP) is 3.14. The van der Waals surface area contributed by atoms with E-state index in [1.165, 1.54) is 0 Å². The molecule has 0 fully saturated rings. The largest absolute Gasteiger partial charge is 0.496 e. The zero-order valence-corrected chi connectivity index (χ0v) is 19.0. The van der Waals surface area contributed by atoms with E-state index in [9.17, 15) is 9.59 Å². The number of fused-ring (bicyclic) bond motifs is 1. The molecule has 0 aromatic heterocycles. The third-order valence-corrected chi connectivity index (χ3v) is 5.08. The van der Waals surface area contributed by atoms with Crippen LogP contribution in [0.15, 0.2) is 71.7 Å². The summed E-state index contributed by atoms with van der Waals surface area (Å²) in [5.74, 6) is 0.214. The van der Waals surface area contributed by atoms with Crippen molar-refractivity contribution in [3.63, 3.8) is 0 Å². The lowest BCUT2D eigenvalue weighted by Crippen LogP contribution is -2.44. The molecule has 0 radical (unpaired) electrons. The molecule has 34 heavy (non-hydrogen) atoms. The molecule has 6 N–H and O–H groups in total. The molecule has 0 spiro atoms. The number of hydrogen-bond donors (Lipinski definition) is 4. The molecule has 0 saturated carbocycles. The van der Waals surface area contributed by atoms with Crippen LogP contribution in [0.25, 0.3) is 10.8 Å². The van der Waals surface area contributed by atoms with Crippen molar-refractivity contribution < 1.29 is 19.1 Å². The molecule has 2 amide bonds. The maximum atomic E-state index is 13.1. The van der Waals surface area contributed by atoms with Gasteiger partial charge in [0.2, 0.25) is 5.91 Å². The molecule has 0 aliphatic heterocycles. The number of methoxy groups -OCH3 is 1. The Kier molecular flexibility index (Phi) is 8.67. The third-order valence-electron chi connectivity index (χ3n) is 5.08. The number of aliphatic imine (C=N–C) groups is 1. The SMILES string of the molecule is COc1cc(NC(=O)[C@H](CCCN=C(N)N)NC(=O)OCc2ccccc2)cc2ccccc12. The van der Waals surface area contributed by atoms with Gasteiger partial charge in [0.25, 0.3) is 0 Å². The van der Waals surface area contributed by atoms with E-state index in [2.05, 4.69) is 15.6 Å². The van der Waals surface area contributed by atoms with Crippen molar-refractivity contribution in [3.05, 3.63) is 72.3 Å². The normalized spacial score (nSPS) is 11.3. The van der Waals surface area contributed by atoms with Crippen molar-refractivity contribution in [3.8, 4) is 5.75 Å². The van der Waals surface area contributed by atoms with Crippen LogP contribution in [-0.2, 0) is 16.1 Å². The lowest BCUT2D eigenvalue weighted by molar-refractivity contribution is -0.118. The highest BCUT2D eigenvalue weighted by molar-refractivity contribution is 6.00. The molecule has 9 nitrogen and oxygen atoms in total. The third kappa shape index (κ3) is 7.13. The van der Waals surface area contributed by atoms with Gasteiger partial charge in [0.15, 0.2) is 5.96 Å². The molecular formula is C25H29N5O4. The van der Waals surface area contributed by atoms with E-state index >= 15 is 0 Å². The van der Waals surface area contributed by atoms with Gasteiger partial charge in [0.05, 0.1) is 7.11 Å². The van der Waals surface area contributed by atoms with Gasteiger partial charge >= 0.3 is 6.09 Å². The number of nitrogens with two attached hydrogens (primary N) is 2. The predicted molar refractivity (Wildman–Crippen MR) is 133 cm³/mol. The molecule has 1 atom stereocenters. The van der Waals surface area contributed by atoms with Crippen LogP contribution in [0.1, 0.15) is 18.4 Å². The number of nitrogens with one attached hydrogen (secondary N) is 2. The first-order valence-corrected chi connectivity index (χ1v) is 10.9. The molecule has 9 heteroatoms. The van der Waals surface area contributed by atoms with Crippen molar-refractivity contribution in [2.45, 2.75) is 25.5 Å². The van der Waals surface area contributed by atoms with Crippen molar-refractivity contribution in [1.82, 2.24) is 5.32 Å². The average Bonchev–Trinajstić information content (AvgIpc) is 2.84. The van der Waals surface area contributed by atoms with Crippen LogP contribution in [0, 0.1) is 0 Å². The van der Waals surface area contributed by atoms with Gasteiger partial charge in [-0.3, -0.25) is 9.79 Å². The lowest BCUT2D eigenvalue weighted by Gasteiger charge is -2.19. The molecule has 0 saturated heterocycles. The first kappa shape index (κ1) is 24.4. The van der Waals surface area contributed by atoms with Crippen LogP contribution in [-0.4, -0.2) is 37.7 Å². The van der Waals surface area contributed by atoms with E-state index in [0.29, 0.717) is 30.8 Å². The second-order valence-corrected chi connectivity index (χ2v) is 7.60. The smallest absolute Gasteiger partial charge is 0.408 e. The van der Waals surface area contributed by atoms with E-state index in [0.717, 1.165) is 16.3 Å². The quantitative estimate of drug-likeness (QED) is 0.207. The summed E-state index contributed by atoms with van der Waals surface area (Å²) in [7, 11) is 1.57. The summed E-state index contributed by atoms with van der Waals surface area (Å²) in [6, 6.07) is 19.7. The van der Waals surface area contributed by atoms with Gasteiger partial charge in [0, 0.05) is 23.7 Å². The van der Waals surface area contributed by atoms with Crippen LogP contribution in [0.5, 0.6) is 5.75 Å². The van der Waals surface area contributed by atoms with Gasteiger partial charge in [-0.2, -0.15) is 0 Å². The summed E-state index contributed by atoms with van der Waals surface area (Å²) in [5, 5.41) is 7.35. The molecule has 3 aromatic rings. The Morgan fingerprint density at radius 3 is 2.50 bits per heavy atom. The summed E-state index contributed by atoms with van der Waals surface area (Å²) >= 11 is 0. The number of guanidine groups is 1. The summed E-state index contributed by atoms with van der Waals surface area (Å²) in [5.41, 5.74) is 12.1. The molecule has 0 unspecified atom stereocenters. The first-order valence-electron chi connectivity index (χ1n) is 10.9. The highest BCUT2D eigenvalue weighted by atomic mass is 16.5. The van der Waals surface area contributed by atoms with E-state index in [-0.39, 0.29) is 12.6 Å². The number of alkyl carbamates (subject to hydrolysis) is 1. The van der Waals surface area contributed by atoms with Crippen LogP contribution in [0.3, 0.4) is 0 Å². The second kappa shape index (κ2) is 12.1. The van der Waals surface area contributed by atoms with Gasteiger partial charge in [-0.25, -0.2) is 4.79 Å². The van der Waals surface area contributed by atoms with Gasteiger partial charge in [-0.1, -0.05) is 54.6 Å². The van der Waals surface area contributed by atoms with E-state index in [1.54, 1.807) is 13.2 Å². The standard InChI is InChI=1S/C25H29N5O4/c1-33-22-15-19(14-18-10-5-6-11-20(18)22)29-23(31)21(12-7-13-28-24(26)27)30-25(32)34-16-17-8-3-2-4-9-17/h2-6,8-11,14-15,21H,7,12-13,16H2,1H3,(H,29,31)(H,30,32)(H4,26,27,28)/t21-/m0/s1. The Morgan fingerprint density at radius 1 is 1.03 bits per heavy atom. The van der Waals surface area contributed by atoms with E-state index in [4.69, 9.17) is 20.9 Å². The molecule has 0 aliphatic rings. The summed E-state index contributed by atoms with van der Waals surface area (Å²) < 4.78 is 10.8. The fourth-order valence-electron chi connectivity index (χ4n) is 3.43. The topological polar surface area (TPSA) is 141 Å². The van der Waals surface area contributed by atoms with Crippen molar-refractivity contribution >= 4 is 34.4 Å². The minimum absolute atomic E-state index is 0.0282. The fourth-order valence-corrected chi connectivity index (χ4v) is 3.43. The maximum Gasteiger partial charge on any atom is 0.408 e. The molecule has 0 aliphatic carbocycles. The number of amides is 2. The van der Waals surface area contributed by atoms with Gasteiger partial charge < -0.3 is 31.6 Å². The minimum Gasteiger partial charge on any atom is -0.496 e. The number of rotatable bonds is 10. The van der Waals surface area contributed by atoms with E-state index in [1.807, 2.05) is 60.7 Å². The first-order chi connectivity index (χ1) is 16.5. The highest BCUT2D eigenvalue weighted by Crippen LogP contribution is 2.29. The number of carbonyl (C=O) groups is 2. The zero-order valence-electron chi connectivity index (χ0n) is 19.0. The number of benzene rings is 3. The summed E-state index contributed by atoms with van der Waals surface area (Å²) in [6.45, 7) is 0.424. The lowest BCUT2D eigenvalue weighted by atomic mass is 10.1. The molecule has 0 heterocycles. The number of hydrogen-bond acceptors (Lipinski definition) is 5. The van der Waals surface area contributed by atoms with E-state index < -0.39 is 18.0 Å². The van der Waals surface area contributed by atoms with Crippen LogP contribution in [0.4, 0.5) is 10.5 Å². The average molecular weight is 464 g/mol. The molecule has 0 bridgehead atoms. The van der Waals surface area contributed by atoms with Crippen LogP contribution >= 0.6 is 0 Å². The molecular weight excluding hydrogens is 434 g/mol. The highest BCUT2D eigenvalue weighted by Gasteiger charge is 2.22. The Labute approximate surface area is 198 Å². The van der Waals surface area contributed by atoms with Crippen molar-refractivity contribution in [2.24, 2.45) is 16.5 Å².